The fourth-order valence-corrected chi connectivity index (χ4v) is 2.37. The summed E-state index contributed by atoms with van der Waals surface area (Å²) in [6.07, 6.45) is -0.328. The van der Waals surface area contributed by atoms with Gasteiger partial charge in [0.25, 0.3) is 0 Å². The molecule has 0 heterocycles. The number of benzene rings is 2. The summed E-state index contributed by atoms with van der Waals surface area (Å²) in [5.41, 5.74) is 1.36. The van der Waals surface area contributed by atoms with E-state index in [1.807, 2.05) is 30.3 Å². The number of carbonyl (C=O) groups is 3. The quantitative estimate of drug-likeness (QED) is 0.615. The Morgan fingerprint density at radius 1 is 1.04 bits per heavy atom. The van der Waals surface area contributed by atoms with E-state index in [4.69, 9.17) is 14.6 Å². The Morgan fingerprint density at radius 3 is 2.28 bits per heavy atom. The molecule has 25 heavy (non-hydrogen) atoms. The number of carbonyl (C=O) groups excluding carboxylic acids is 2. The SMILES string of the molecule is COC(=O)c1cc(OCc2ccccc2)c(CC(=O)O)cc1C(C)=O. The minimum atomic E-state index is -1.06. The third-order valence-electron chi connectivity index (χ3n) is 3.56. The zero-order chi connectivity index (χ0) is 18.4. The van der Waals surface area contributed by atoms with Crippen LogP contribution in [-0.2, 0) is 22.6 Å². The first-order valence-corrected chi connectivity index (χ1v) is 7.57. The van der Waals surface area contributed by atoms with Crippen LogP contribution in [0, 0.1) is 0 Å². The van der Waals surface area contributed by atoms with Gasteiger partial charge in [0.1, 0.15) is 12.4 Å². The van der Waals surface area contributed by atoms with E-state index in [9.17, 15) is 14.4 Å². The van der Waals surface area contributed by atoms with Gasteiger partial charge in [0.2, 0.25) is 0 Å². The van der Waals surface area contributed by atoms with Gasteiger partial charge in [0.15, 0.2) is 5.78 Å². The normalized spacial score (nSPS) is 10.2. The molecule has 1 N–H and O–H groups in total. The molecule has 0 saturated heterocycles. The maximum atomic E-state index is 12.0. The van der Waals surface area contributed by atoms with E-state index in [2.05, 4.69) is 0 Å². The van der Waals surface area contributed by atoms with Crippen molar-refractivity contribution in [2.45, 2.75) is 20.0 Å². The standard InChI is InChI=1S/C19H18O6/c1-12(20)15-8-14(9-18(21)22)17(10-16(15)19(23)24-2)25-11-13-6-4-3-5-7-13/h3-8,10H,9,11H2,1-2H3,(H,21,22). The summed E-state index contributed by atoms with van der Waals surface area (Å²) in [5.74, 6) is -1.88. The molecule has 0 aliphatic carbocycles. The average Bonchev–Trinajstić information content (AvgIpc) is 2.59. The summed E-state index contributed by atoms with van der Waals surface area (Å²) in [5, 5.41) is 9.10. The molecule has 0 amide bonds. The first kappa shape index (κ1) is 18.2. The Balaban J connectivity index is 2.44. The van der Waals surface area contributed by atoms with Crippen LogP contribution >= 0.6 is 0 Å². The molecule has 6 nitrogen and oxygen atoms in total. The summed E-state index contributed by atoms with van der Waals surface area (Å²) < 4.78 is 10.4. The third-order valence-corrected chi connectivity index (χ3v) is 3.56. The van der Waals surface area contributed by atoms with Crippen LogP contribution in [-0.4, -0.2) is 29.9 Å². The van der Waals surface area contributed by atoms with Gasteiger partial charge in [-0.2, -0.15) is 0 Å². The number of hydrogen-bond acceptors (Lipinski definition) is 5. The zero-order valence-corrected chi connectivity index (χ0v) is 13.9. The van der Waals surface area contributed by atoms with E-state index in [1.54, 1.807) is 0 Å². The number of carboxylic acid groups (broad SMARTS) is 1. The van der Waals surface area contributed by atoms with Crippen molar-refractivity contribution >= 4 is 17.7 Å². The Labute approximate surface area is 145 Å². The molecule has 2 aromatic carbocycles. The number of methoxy groups -OCH3 is 1. The highest BCUT2D eigenvalue weighted by molar-refractivity contribution is 6.06. The summed E-state index contributed by atoms with van der Waals surface area (Å²) in [4.78, 5) is 34.9. The molecule has 0 bridgehead atoms. The van der Waals surface area contributed by atoms with E-state index in [-0.39, 0.29) is 35.7 Å². The minimum absolute atomic E-state index is 0.0483. The fourth-order valence-electron chi connectivity index (χ4n) is 2.37. The van der Waals surface area contributed by atoms with Gasteiger partial charge < -0.3 is 14.6 Å². The molecule has 0 saturated carbocycles. The van der Waals surface area contributed by atoms with Gasteiger partial charge in [-0.15, -0.1) is 0 Å². The molecule has 2 aromatic rings. The van der Waals surface area contributed by atoms with Crippen molar-refractivity contribution < 1.29 is 29.0 Å². The summed E-state index contributed by atoms with van der Waals surface area (Å²) in [6.45, 7) is 1.50. The first-order chi connectivity index (χ1) is 11.9. The first-order valence-electron chi connectivity index (χ1n) is 7.57. The topological polar surface area (TPSA) is 89.9 Å². The second-order valence-electron chi connectivity index (χ2n) is 5.40. The lowest BCUT2D eigenvalue weighted by Crippen LogP contribution is -2.12. The number of ketones is 1. The van der Waals surface area contributed by atoms with Crippen LogP contribution in [0.1, 0.15) is 38.8 Å². The van der Waals surface area contributed by atoms with E-state index in [1.165, 1.54) is 26.2 Å². The van der Waals surface area contributed by atoms with Gasteiger partial charge in [-0.25, -0.2) is 4.79 Å². The number of rotatable bonds is 7. The van der Waals surface area contributed by atoms with Gasteiger partial charge in [-0.3, -0.25) is 9.59 Å². The molecule has 0 atom stereocenters. The van der Waals surface area contributed by atoms with Crippen molar-refractivity contribution in [1.29, 1.82) is 0 Å². The van der Waals surface area contributed by atoms with Crippen LogP contribution in [0.3, 0.4) is 0 Å². The number of hydrogen-bond donors (Lipinski definition) is 1. The Hall–Kier alpha value is -3.15. The zero-order valence-electron chi connectivity index (χ0n) is 13.9. The highest BCUT2D eigenvalue weighted by atomic mass is 16.5. The molecule has 6 heteroatoms. The molecule has 0 aromatic heterocycles. The van der Waals surface area contributed by atoms with Gasteiger partial charge in [-0.1, -0.05) is 30.3 Å². The Morgan fingerprint density at radius 2 is 1.72 bits per heavy atom. The highest BCUT2D eigenvalue weighted by Crippen LogP contribution is 2.27. The van der Waals surface area contributed by atoms with Crippen molar-refractivity contribution in [2.75, 3.05) is 7.11 Å². The van der Waals surface area contributed by atoms with Gasteiger partial charge in [0, 0.05) is 11.1 Å². The smallest absolute Gasteiger partial charge is 0.338 e. The van der Waals surface area contributed by atoms with E-state index in [0.29, 0.717) is 5.56 Å². The molecule has 0 spiro atoms. The lowest BCUT2D eigenvalue weighted by Gasteiger charge is -2.14. The number of aliphatic carboxylic acids is 1. The van der Waals surface area contributed by atoms with Crippen LogP contribution in [0.5, 0.6) is 5.75 Å². The lowest BCUT2D eigenvalue weighted by molar-refractivity contribution is -0.136. The molecule has 130 valence electrons. The summed E-state index contributed by atoms with van der Waals surface area (Å²) in [7, 11) is 1.21. The predicted molar refractivity (Wildman–Crippen MR) is 89.9 cm³/mol. The van der Waals surface area contributed by atoms with Crippen LogP contribution < -0.4 is 4.74 Å². The molecule has 0 radical (unpaired) electrons. The monoisotopic (exact) mass is 342 g/mol. The number of Topliss-reactive ketones (excluding diaryl/α,β-unsaturated/α-hetero) is 1. The maximum Gasteiger partial charge on any atom is 0.338 e. The molecule has 0 unspecified atom stereocenters. The van der Waals surface area contributed by atoms with Gasteiger partial charge >= 0.3 is 11.9 Å². The maximum absolute atomic E-state index is 12.0. The Kier molecular flexibility index (Phi) is 5.89. The van der Waals surface area contributed by atoms with Crippen molar-refractivity contribution in [1.82, 2.24) is 0 Å². The van der Waals surface area contributed by atoms with E-state index < -0.39 is 11.9 Å². The number of carboxylic acids is 1. The van der Waals surface area contributed by atoms with Crippen LogP contribution in [0.4, 0.5) is 0 Å². The van der Waals surface area contributed by atoms with Crippen molar-refractivity contribution in [3.8, 4) is 5.75 Å². The number of esters is 1. The van der Waals surface area contributed by atoms with Crippen molar-refractivity contribution in [2.24, 2.45) is 0 Å². The van der Waals surface area contributed by atoms with Gasteiger partial charge in [-0.05, 0) is 24.6 Å². The van der Waals surface area contributed by atoms with Crippen LogP contribution in [0.15, 0.2) is 42.5 Å². The largest absolute Gasteiger partial charge is 0.489 e. The minimum Gasteiger partial charge on any atom is -0.489 e. The molecule has 0 fully saturated rings. The molecule has 2 rings (SSSR count). The molecular formula is C19H18O6. The second kappa shape index (κ2) is 8.10. The van der Waals surface area contributed by atoms with Crippen LogP contribution in [0.25, 0.3) is 0 Å². The van der Waals surface area contributed by atoms with Gasteiger partial charge in [0.05, 0.1) is 19.1 Å². The number of ether oxygens (including phenoxy) is 2. The van der Waals surface area contributed by atoms with E-state index >= 15 is 0 Å². The average molecular weight is 342 g/mol. The summed E-state index contributed by atoms with van der Waals surface area (Å²) in [6, 6.07) is 12.1. The van der Waals surface area contributed by atoms with Crippen molar-refractivity contribution in [3.63, 3.8) is 0 Å². The molecule has 0 aliphatic heterocycles. The molecular weight excluding hydrogens is 324 g/mol. The fraction of sp³-hybridized carbons (Fsp3) is 0.211. The second-order valence-corrected chi connectivity index (χ2v) is 5.40. The summed E-state index contributed by atoms with van der Waals surface area (Å²) >= 11 is 0. The molecule has 0 aliphatic rings. The predicted octanol–water partition coefficient (Wildman–Crippen LogP) is 2.88. The third kappa shape index (κ3) is 4.67. The highest BCUT2D eigenvalue weighted by Gasteiger charge is 2.21. The van der Waals surface area contributed by atoms with E-state index in [0.717, 1.165) is 5.56 Å². The van der Waals surface area contributed by atoms with Crippen LogP contribution in [0.2, 0.25) is 0 Å². The Bertz CT molecular complexity index is 795. The van der Waals surface area contributed by atoms with Crippen molar-refractivity contribution in [3.05, 3.63) is 64.7 Å². The lowest BCUT2D eigenvalue weighted by atomic mass is 9.98.